The Morgan fingerprint density at radius 1 is 1.23 bits per heavy atom. The molecule has 0 aliphatic rings. The van der Waals surface area contributed by atoms with Crippen LogP contribution in [-0.2, 0) is 5.41 Å². The van der Waals surface area contributed by atoms with Crippen LogP contribution in [0.1, 0.15) is 40.3 Å². The third kappa shape index (κ3) is 1.69. The molecule has 2 N–H and O–H groups in total. The minimum Gasteiger partial charge on any atom is -0.368 e. The Hall–Kier alpha value is -0.990. The molecule has 1 aromatic rings. The van der Waals surface area contributed by atoms with Gasteiger partial charge in [-0.25, -0.2) is 0 Å². The van der Waals surface area contributed by atoms with Crippen molar-refractivity contribution in [1.29, 1.82) is 0 Å². The van der Waals surface area contributed by atoms with E-state index in [9.17, 15) is 0 Å². The van der Waals surface area contributed by atoms with Gasteiger partial charge in [0.15, 0.2) is 0 Å². The van der Waals surface area contributed by atoms with Crippen LogP contribution in [0.3, 0.4) is 0 Å². The van der Waals surface area contributed by atoms with Crippen molar-refractivity contribution in [2.45, 2.75) is 40.0 Å². The van der Waals surface area contributed by atoms with E-state index in [-0.39, 0.29) is 10.8 Å². The van der Waals surface area contributed by atoms with Gasteiger partial charge in [0.25, 0.3) is 0 Å². The Labute approximate surface area is 79.3 Å². The lowest BCUT2D eigenvalue weighted by atomic mass is 9.67. The first kappa shape index (κ1) is 10.1. The summed E-state index contributed by atoms with van der Waals surface area (Å²) >= 11 is 0. The molecule has 0 fully saturated rings. The van der Waals surface area contributed by atoms with Crippen LogP contribution in [0, 0.1) is 5.41 Å². The minimum absolute atomic E-state index is 0.0336. The highest BCUT2D eigenvalue weighted by molar-refractivity contribution is 5.29. The minimum atomic E-state index is -0.0336. The summed E-state index contributed by atoms with van der Waals surface area (Å²) < 4.78 is 4.87. The zero-order valence-corrected chi connectivity index (χ0v) is 9.01. The lowest BCUT2D eigenvalue weighted by Crippen LogP contribution is -2.34. The van der Waals surface area contributed by atoms with Crippen LogP contribution in [0.25, 0.3) is 0 Å². The van der Waals surface area contributed by atoms with Crippen LogP contribution in [0.15, 0.2) is 10.6 Å². The molecule has 0 saturated carbocycles. The Morgan fingerprint density at radius 2 is 1.77 bits per heavy atom. The monoisotopic (exact) mass is 182 g/mol. The third-order valence-corrected chi connectivity index (χ3v) is 3.04. The van der Waals surface area contributed by atoms with E-state index in [1.165, 1.54) is 0 Å². The molecule has 1 aromatic heterocycles. The second kappa shape index (κ2) is 2.76. The van der Waals surface area contributed by atoms with Gasteiger partial charge in [0, 0.05) is 11.5 Å². The number of aromatic nitrogens is 1. The van der Waals surface area contributed by atoms with Crippen LogP contribution < -0.4 is 5.73 Å². The molecule has 13 heavy (non-hydrogen) atoms. The van der Waals surface area contributed by atoms with E-state index >= 15 is 0 Å². The zero-order chi connectivity index (χ0) is 10.3. The smallest absolute Gasteiger partial charge is 0.222 e. The van der Waals surface area contributed by atoms with Crippen LogP contribution in [0.2, 0.25) is 0 Å². The molecule has 0 unspecified atom stereocenters. The van der Waals surface area contributed by atoms with Crippen LogP contribution in [0.5, 0.6) is 0 Å². The molecular weight excluding hydrogens is 164 g/mol. The number of hydrogen-bond donors (Lipinski definition) is 1. The van der Waals surface area contributed by atoms with E-state index in [1.807, 2.05) is 0 Å². The van der Waals surface area contributed by atoms with Crippen molar-refractivity contribution in [3.8, 4) is 0 Å². The quantitative estimate of drug-likeness (QED) is 0.726. The first-order valence-electron chi connectivity index (χ1n) is 4.48. The first-order chi connectivity index (χ1) is 5.75. The maximum absolute atomic E-state index is 5.49. The number of rotatable bonds is 1. The van der Waals surface area contributed by atoms with Gasteiger partial charge in [0.05, 0.1) is 5.69 Å². The van der Waals surface area contributed by atoms with Crippen LogP contribution in [-0.4, -0.2) is 5.16 Å². The Kier molecular flexibility index (Phi) is 2.14. The molecule has 0 aromatic carbocycles. The highest BCUT2D eigenvalue weighted by Gasteiger charge is 2.36. The standard InChI is InChI=1S/C10H18N2O/c1-9(2,3)10(4,5)7-6-8(11)13-12-7/h6H,11H2,1-5H3. The number of anilines is 1. The number of nitrogens with zero attached hydrogens (tertiary/aromatic N) is 1. The average Bonchev–Trinajstić information content (AvgIpc) is 2.33. The van der Waals surface area contributed by atoms with Gasteiger partial charge in [0.1, 0.15) is 0 Å². The maximum Gasteiger partial charge on any atom is 0.222 e. The Morgan fingerprint density at radius 3 is 2.08 bits per heavy atom. The number of nitrogens with two attached hydrogens (primary N) is 1. The molecule has 0 amide bonds. The fourth-order valence-electron chi connectivity index (χ4n) is 0.968. The van der Waals surface area contributed by atoms with E-state index in [0.29, 0.717) is 5.88 Å². The molecule has 0 radical (unpaired) electrons. The summed E-state index contributed by atoms with van der Waals surface area (Å²) in [5.41, 5.74) is 6.51. The molecular formula is C10H18N2O. The molecule has 0 aliphatic heterocycles. The van der Waals surface area contributed by atoms with Crippen molar-refractivity contribution in [2.75, 3.05) is 5.73 Å². The number of hydrogen-bond acceptors (Lipinski definition) is 3. The normalized spacial score (nSPS) is 13.3. The van der Waals surface area contributed by atoms with Gasteiger partial charge >= 0.3 is 0 Å². The van der Waals surface area contributed by atoms with Gasteiger partial charge in [0.2, 0.25) is 5.88 Å². The van der Waals surface area contributed by atoms with Gasteiger partial charge < -0.3 is 10.3 Å². The predicted molar refractivity (Wildman–Crippen MR) is 53.4 cm³/mol. The largest absolute Gasteiger partial charge is 0.368 e. The summed E-state index contributed by atoms with van der Waals surface area (Å²) in [6, 6.07) is 1.80. The van der Waals surface area contributed by atoms with E-state index < -0.39 is 0 Å². The molecule has 0 saturated heterocycles. The topological polar surface area (TPSA) is 52.0 Å². The van der Waals surface area contributed by atoms with Crippen molar-refractivity contribution in [3.63, 3.8) is 0 Å². The SMILES string of the molecule is CC(C)(C)C(C)(C)c1cc(N)on1. The molecule has 0 spiro atoms. The fourth-order valence-corrected chi connectivity index (χ4v) is 0.968. The van der Waals surface area contributed by atoms with Crippen LogP contribution in [0.4, 0.5) is 5.88 Å². The fraction of sp³-hybridized carbons (Fsp3) is 0.700. The Bertz CT molecular complexity index is 294. The van der Waals surface area contributed by atoms with Gasteiger partial charge in [-0.05, 0) is 5.41 Å². The number of nitrogen functional groups attached to an aromatic ring is 1. The van der Waals surface area contributed by atoms with Crippen molar-refractivity contribution in [3.05, 3.63) is 11.8 Å². The highest BCUT2D eigenvalue weighted by Crippen LogP contribution is 2.40. The molecule has 74 valence electrons. The third-order valence-electron chi connectivity index (χ3n) is 3.04. The van der Waals surface area contributed by atoms with Crippen molar-refractivity contribution in [2.24, 2.45) is 5.41 Å². The van der Waals surface area contributed by atoms with E-state index in [2.05, 4.69) is 39.8 Å². The summed E-state index contributed by atoms with van der Waals surface area (Å²) in [5, 5.41) is 3.95. The zero-order valence-electron chi connectivity index (χ0n) is 9.01. The summed E-state index contributed by atoms with van der Waals surface area (Å²) in [6.07, 6.45) is 0. The average molecular weight is 182 g/mol. The van der Waals surface area contributed by atoms with Gasteiger partial charge in [-0.15, -0.1) is 0 Å². The summed E-state index contributed by atoms with van der Waals surface area (Å²) in [6.45, 7) is 10.8. The van der Waals surface area contributed by atoms with Gasteiger partial charge in [-0.2, -0.15) is 0 Å². The highest BCUT2D eigenvalue weighted by atomic mass is 16.5. The summed E-state index contributed by atoms with van der Waals surface area (Å²) in [5.74, 6) is 0.382. The van der Waals surface area contributed by atoms with Gasteiger partial charge in [-0.1, -0.05) is 39.8 Å². The van der Waals surface area contributed by atoms with Crippen molar-refractivity contribution < 1.29 is 4.52 Å². The van der Waals surface area contributed by atoms with E-state index in [4.69, 9.17) is 10.3 Å². The second-order valence-corrected chi connectivity index (χ2v) is 4.99. The molecule has 3 heteroatoms. The Balaban J connectivity index is 3.07. The van der Waals surface area contributed by atoms with E-state index in [1.54, 1.807) is 6.07 Å². The van der Waals surface area contributed by atoms with Gasteiger partial charge in [-0.3, -0.25) is 0 Å². The lowest BCUT2D eigenvalue weighted by molar-refractivity contribution is 0.211. The molecule has 0 bridgehead atoms. The van der Waals surface area contributed by atoms with Crippen LogP contribution >= 0.6 is 0 Å². The molecule has 3 nitrogen and oxygen atoms in total. The molecule has 0 aliphatic carbocycles. The summed E-state index contributed by atoms with van der Waals surface area (Å²) in [7, 11) is 0. The summed E-state index contributed by atoms with van der Waals surface area (Å²) in [4.78, 5) is 0. The maximum atomic E-state index is 5.49. The van der Waals surface area contributed by atoms with E-state index in [0.717, 1.165) is 5.69 Å². The lowest BCUT2D eigenvalue weighted by Gasteiger charge is -2.36. The molecule has 1 heterocycles. The second-order valence-electron chi connectivity index (χ2n) is 4.99. The van der Waals surface area contributed by atoms with Crippen molar-refractivity contribution in [1.82, 2.24) is 5.16 Å². The predicted octanol–water partition coefficient (Wildman–Crippen LogP) is 2.58. The molecule has 0 atom stereocenters. The molecule has 1 rings (SSSR count). The van der Waals surface area contributed by atoms with Crippen molar-refractivity contribution >= 4 is 5.88 Å². The first-order valence-corrected chi connectivity index (χ1v) is 4.48.